The number of nitrogens with two attached hydrogens (primary N) is 1. The second-order valence-corrected chi connectivity index (χ2v) is 7.23. The van der Waals surface area contributed by atoms with E-state index in [1.807, 2.05) is 6.92 Å². The second-order valence-electron chi connectivity index (χ2n) is 7.23. The van der Waals surface area contributed by atoms with Gasteiger partial charge in [-0.25, -0.2) is 4.73 Å². The average molecular weight is 381 g/mol. The van der Waals surface area contributed by atoms with Crippen LogP contribution < -0.4 is 20.5 Å². The fraction of sp³-hybridized carbons (Fsp3) is 0.810. The van der Waals surface area contributed by atoms with Crippen molar-refractivity contribution in [3.05, 3.63) is 11.3 Å². The molecule has 0 saturated carbocycles. The lowest BCUT2D eigenvalue weighted by Gasteiger charge is -2.14. The molecule has 6 nitrogen and oxygen atoms in total. The van der Waals surface area contributed by atoms with Crippen molar-refractivity contribution in [3.63, 3.8) is 0 Å². The van der Waals surface area contributed by atoms with Crippen LogP contribution in [-0.2, 0) is 0 Å². The molecule has 1 rings (SSSR count). The molecule has 0 atom stereocenters. The quantitative estimate of drug-likeness (QED) is 0.220. The summed E-state index contributed by atoms with van der Waals surface area (Å²) in [6.07, 6.45) is 17.3. The lowest BCUT2D eigenvalue weighted by molar-refractivity contribution is -0.577. The van der Waals surface area contributed by atoms with Crippen molar-refractivity contribution in [1.82, 2.24) is 4.98 Å². The largest absolute Gasteiger partial charge is 0.754 e. The molecule has 0 aromatic carbocycles. The zero-order valence-corrected chi connectivity index (χ0v) is 17.5. The number of unbranched alkanes of at least 4 members (excludes halogenated alkanes) is 12. The first kappa shape index (κ1) is 23.3. The van der Waals surface area contributed by atoms with Gasteiger partial charge in [-0.15, -0.1) is 0 Å². The third-order valence-electron chi connectivity index (χ3n) is 4.79. The molecule has 0 bridgehead atoms. The van der Waals surface area contributed by atoms with Crippen molar-refractivity contribution in [2.24, 2.45) is 0 Å². The van der Waals surface area contributed by atoms with E-state index >= 15 is 0 Å². The molecule has 1 aromatic heterocycles. The van der Waals surface area contributed by atoms with Crippen LogP contribution in [0.1, 0.15) is 97.3 Å². The fourth-order valence-corrected chi connectivity index (χ4v) is 3.19. The van der Waals surface area contributed by atoms with Crippen LogP contribution in [0.3, 0.4) is 0 Å². The number of hydrogen-bond acceptors (Lipinski definition) is 5. The Kier molecular flexibility index (Phi) is 13.3. The maximum absolute atomic E-state index is 11.9. The minimum Gasteiger partial charge on any atom is -0.754 e. The number of nitrogens with zero attached hydrogens (tertiary/aromatic N) is 2. The van der Waals surface area contributed by atoms with E-state index in [4.69, 9.17) is 10.5 Å². The van der Waals surface area contributed by atoms with Gasteiger partial charge in [0, 0.05) is 6.54 Å². The Morgan fingerprint density at radius 3 is 1.96 bits per heavy atom. The summed E-state index contributed by atoms with van der Waals surface area (Å²) in [6.45, 7) is 5.39. The minimum atomic E-state index is -0.0891. The highest BCUT2D eigenvalue weighted by Gasteiger charge is 2.10. The van der Waals surface area contributed by atoms with Crippen LogP contribution in [0.25, 0.3) is 0 Å². The molecule has 0 aliphatic carbocycles. The number of rotatable bonds is 17. The maximum atomic E-state index is 11.9. The average Bonchev–Trinajstić information content (AvgIpc) is 2.66. The van der Waals surface area contributed by atoms with Gasteiger partial charge in [-0.2, -0.15) is 0 Å². The zero-order chi connectivity index (χ0) is 19.7. The van der Waals surface area contributed by atoms with Crippen molar-refractivity contribution in [1.29, 1.82) is 0 Å². The Balaban J connectivity index is 2.00. The SMILES string of the molecule is CCCCCCCCCCCCCCCNc1cc(OCC)nc(N)[n+]1[O-]. The normalized spacial score (nSPS) is 10.9. The van der Waals surface area contributed by atoms with Crippen LogP contribution in [0.2, 0.25) is 0 Å². The number of anilines is 2. The zero-order valence-electron chi connectivity index (χ0n) is 17.5. The van der Waals surface area contributed by atoms with Crippen molar-refractivity contribution in [2.75, 3.05) is 24.2 Å². The highest BCUT2D eigenvalue weighted by atomic mass is 16.5. The molecule has 0 amide bonds. The standard InChI is InChI=1S/C21H40N4O2/c1-3-5-6-7-8-9-10-11-12-13-14-15-16-17-23-19-18-20(27-4-2)24-21(22)25(19)26/h18,23H,3-17H2,1-2H3,(H2,22,24). The van der Waals surface area contributed by atoms with Gasteiger partial charge < -0.3 is 21.0 Å². The molecule has 156 valence electrons. The van der Waals surface area contributed by atoms with Gasteiger partial charge in [-0.3, -0.25) is 0 Å². The van der Waals surface area contributed by atoms with Gasteiger partial charge in [0.2, 0.25) is 5.82 Å². The third kappa shape index (κ3) is 10.9. The topological polar surface area (TPSA) is 87.1 Å². The van der Waals surface area contributed by atoms with Gasteiger partial charge >= 0.3 is 5.95 Å². The highest BCUT2D eigenvalue weighted by Crippen LogP contribution is 2.14. The van der Waals surface area contributed by atoms with Crippen molar-refractivity contribution < 1.29 is 9.47 Å². The molecule has 27 heavy (non-hydrogen) atoms. The van der Waals surface area contributed by atoms with Gasteiger partial charge in [0.25, 0.3) is 5.88 Å². The summed E-state index contributed by atoms with van der Waals surface area (Å²) in [7, 11) is 0. The van der Waals surface area contributed by atoms with Crippen LogP contribution in [0.5, 0.6) is 5.88 Å². The van der Waals surface area contributed by atoms with Crippen molar-refractivity contribution in [3.8, 4) is 5.88 Å². The lowest BCUT2D eigenvalue weighted by Crippen LogP contribution is -2.36. The summed E-state index contributed by atoms with van der Waals surface area (Å²) in [6, 6.07) is 1.61. The van der Waals surface area contributed by atoms with Crippen LogP contribution in [-0.4, -0.2) is 18.1 Å². The maximum Gasteiger partial charge on any atom is 0.347 e. The van der Waals surface area contributed by atoms with E-state index in [0.717, 1.165) is 13.0 Å². The number of aromatic nitrogens is 2. The summed E-state index contributed by atoms with van der Waals surface area (Å²) >= 11 is 0. The number of hydrogen-bond donors (Lipinski definition) is 2. The highest BCUT2D eigenvalue weighted by molar-refractivity contribution is 5.36. The molecular formula is C21H40N4O2. The summed E-state index contributed by atoms with van der Waals surface area (Å²) in [4.78, 5) is 3.91. The van der Waals surface area contributed by atoms with Gasteiger partial charge in [0.15, 0.2) is 0 Å². The molecule has 0 radical (unpaired) electrons. The van der Waals surface area contributed by atoms with Crippen molar-refractivity contribution >= 4 is 11.8 Å². The first-order valence-corrected chi connectivity index (χ1v) is 11.0. The Labute approximate surface area is 165 Å². The second kappa shape index (κ2) is 15.3. The first-order valence-electron chi connectivity index (χ1n) is 11.0. The first-order chi connectivity index (χ1) is 13.2. The number of ether oxygens (including phenoxy) is 1. The summed E-state index contributed by atoms with van der Waals surface area (Å²) in [5.74, 6) is 0.702. The van der Waals surface area contributed by atoms with E-state index in [0.29, 0.717) is 23.0 Å². The molecule has 0 saturated heterocycles. The molecule has 0 fully saturated rings. The Hall–Kier alpha value is -1.72. The number of nitrogen functional groups attached to an aromatic ring is 1. The lowest BCUT2D eigenvalue weighted by atomic mass is 10.0. The molecule has 6 heteroatoms. The van der Waals surface area contributed by atoms with Crippen LogP contribution in [0, 0.1) is 5.21 Å². The van der Waals surface area contributed by atoms with E-state index in [1.54, 1.807) is 6.07 Å². The molecule has 0 aliphatic heterocycles. The molecule has 1 aromatic rings. The minimum absolute atomic E-state index is 0.0891. The van der Waals surface area contributed by atoms with Crippen LogP contribution >= 0.6 is 0 Å². The predicted octanol–water partition coefficient (Wildman–Crippen LogP) is 5.20. The number of nitrogens with one attached hydrogen (secondary N) is 1. The fourth-order valence-electron chi connectivity index (χ4n) is 3.19. The molecular weight excluding hydrogens is 340 g/mol. The molecule has 1 heterocycles. The Morgan fingerprint density at radius 1 is 0.926 bits per heavy atom. The van der Waals surface area contributed by atoms with E-state index in [-0.39, 0.29) is 5.95 Å². The molecule has 0 unspecified atom stereocenters. The Morgan fingerprint density at radius 2 is 1.44 bits per heavy atom. The molecule has 3 N–H and O–H groups in total. The predicted molar refractivity (Wildman–Crippen MR) is 113 cm³/mol. The summed E-state index contributed by atoms with van der Waals surface area (Å²) < 4.78 is 5.94. The smallest absolute Gasteiger partial charge is 0.347 e. The van der Waals surface area contributed by atoms with Gasteiger partial charge in [0.05, 0.1) is 12.7 Å². The van der Waals surface area contributed by atoms with E-state index in [2.05, 4.69) is 17.2 Å². The van der Waals surface area contributed by atoms with Crippen LogP contribution in [0.4, 0.5) is 11.8 Å². The third-order valence-corrected chi connectivity index (χ3v) is 4.79. The van der Waals surface area contributed by atoms with E-state index in [9.17, 15) is 5.21 Å². The Bertz CT molecular complexity index is 497. The van der Waals surface area contributed by atoms with E-state index in [1.165, 1.54) is 77.0 Å². The van der Waals surface area contributed by atoms with Gasteiger partial charge in [-0.05, 0) is 13.3 Å². The summed E-state index contributed by atoms with van der Waals surface area (Å²) in [5.41, 5.74) is 5.62. The van der Waals surface area contributed by atoms with Gasteiger partial charge in [0.1, 0.15) is 0 Å². The van der Waals surface area contributed by atoms with Crippen LogP contribution in [0.15, 0.2) is 6.07 Å². The monoisotopic (exact) mass is 380 g/mol. The summed E-state index contributed by atoms with van der Waals surface area (Å²) in [5, 5.41) is 15.0. The van der Waals surface area contributed by atoms with E-state index < -0.39 is 0 Å². The van der Waals surface area contributed by atoms with Gasteiger partial charge in [-0.1, -0.05) is 89.0 Å². The van der Waals surface area contributed by atoms with Crippen molar-refractivity contribution in [2.45, 2.75) is 97.3 Å². The molecule has 0 aliphatic rings. The molecule has 0 spiro atoms.